The highest BCUT2D eigenvalue weighted by Gasteiger charge is 2.15. The standard InChI is InChI=1S/C14H22BrN3O2/c1-2-3-8-18-14(19)13(15)12(10-17-18)16-7-6-11-5-4-9-20-11/h10-11,16H,2-9H2,1H3. The summed E-state index contributed by atoms with van der Waals surface area (Å²) in [4.78, 5) is 12.1. The van der Waals surface area contributed by atoms with Gasteiger partial charge in [-0.25, -0.2) is 4.68 Å². The third-order valence-corrected chi connectivity index (χ3v) is 4.28. The van der Waals surface area contributed by atoms with Gasteiger partial charge in [-0.1, -0.05) is 13.3 Å². The Morgan fingerprint density at radius 1 is 1.60 bits per heavy atom. The van der Waals surface area contributed by atoms with Crippen molar-refractivity contribution in [2.45, 2.75) is 51.7 Å². The Kier molecular flexibility index (Phi) is 6.04. The number of hydrogen-bond acceptors (Lipinski definition) is 4. The lowest BCUT2D eigenvalue weighted by Crippen LogP contribution is -2.25. The topological polar surface area (TPSA) is 56.1 Å². The molecule has 1 atom stereocenters. The maximum absolute atomic E-state index is 12.1. The maximum Gasteiger partial charge on any atom is 0.283 e. The van der Waals surface area contributed by atoms with E-state index < -0.39 is 0 Å². The van der Waals surface area contributed by atoms with E-state index in [0.717, 1.165) is 50.9 Å². The summed E-state index contributed by atoms with van der Waals surface area (Å²) >= 11 is 3.37. The average Bonchev–Trinajstić information content (AvgIpc) is 2.96. The molecule has 2 heterocycles. The van der Waals surface area contributed by atoms with Gasteiger partial charge in [0.05, 0.1) is 18.0 Å². The summed E-state index contributed by atoms with van der Waals surface area (Å²) in [6, 6.07) is 0. The van der Waals surface area contributed by atoms with Gasteiger partial charge in [-0.2, -0.15) is 5.10 Å². The number of nitrogens with zero attached hydrogens (tertiary/aromatic N) is 2. The van der Waals surface area contributed by atoms with Crippen molar-refractivity contribution in [1.82, 2.24) is 9.78 Å². The Morgan fingerprint density at radius 3 is 3.15 bits per heavy atom. The molecule has 1 fully saturated rings. The lowest BCUT2D eigenvalue weighted by Gasteiger charge is -2.12. The Balaban J connectivity index is 1.91. The molecule has 0 amide bonds. The van der Waals surface area contributed by atoms with Crippen LogP contribution >= 0.6 is 15.9 Å². The number of ether oxygens (including phenoxy) is 1. The summed E-state index contributed by atoms with van der Waals surface area (Å²) in [6.07, 6.45) is 7.35. The first kappa shape index (κ1) is 15.5. The van der Waals surface area contributed by atoms with Crippen molar-refractivity contribution in [3.8, 4) is 0 Å². The van der Waals surface area contributed by atoms with E-state index in [0.29, 0.717) is 17.1 Å². The van der Waals surface area contributed by atoms with Gasteiger partial charge in [0.1, 0.15) is 4.47 Å². The number of anilines is 1. The van der Waals surface area contributed by atoms with Crippen LogP contribution in [-0.2, 0) is 11.3 Å². The molecule has 5 nitrogen and oxygen atoms in total. The van der Waals surface area contributed by atoms with Gasteiger partial charge < -0.3 is 10.1 Å². The Hall–Kier alpha value is -0.880. The lowest BCUT2D eigenvalue weighted by atomic mass is 10.2. The van der Waals surface area contributed by atoms with Gasteiger partial charge in [-0.3, -0.25) is 4.79 Å². The van der Waals surface area contributed by atoms with E-state index in [1.165, 1.54) is 4.68 Å². The van der Waals surface area contributed by atoms with Crippen molar-refractivity contribution >= 4 is 21.6 Å². The number of nitrogens with one attached hydrogen (secondary N) is 1. The summed E-state index contributed by atoms with van der Waals surface area (Å²) in [5.41, 5.74) is 0.696. The van der Waals surface area contributed by atoms with Crippen LogP contribution in [0.2, 0.25) is 0 Å². The quantitative estimate of drug-likeness (QED) is 0.826. The minimum absolute atomic E-state index is 0.0689. The number of rotatable bonds is 7. The molecule has 0 aromatic carbocycles. The summed E-state index contributed by atoms with van der Waals surface area (Å²) in [5, 5.41) is 7.47. The molecule has 0 saturated carbocycles. The normalized spacial score (nSPS) is 18.4. The zero-order valence-electron chi connectivity index (χ0n) is 11.9. The molecule has 0 aliphatic carbocycles. The van der Waals surface area contributed by atoms with E-state index in [1.54, 1.807) is 6.20 Å². The van der Waals surface area contributed by atoms with Crippen LogP contribution in [0.25, 0.3) is 0 Å². The van der Waals surface area contributed by atoms with E-state index in [9.17, 15) is 4.79 Å². The van der Waals surface area contributed by atoms with Gasteiger partial charge in [0.25, 0.3) is 5.56 Å². The second kappa shape index (κ2) is 7.78. The van der Waals surface area contributed by atoms with Crippen LogP contribution in [-0.4, -0.2) is 29.0 Å². The zero-order valence-corrected chi connectivity index (χ0v) is 13.5. The van der Waals surface area contributed by atoms with Gasteiger partial charge in [-0.05, 0) is 41.6 Å². The van der Waals surface area contributed by atoms with Crippen molar-refractivity contribution in [3.05, 3.63) is 21.0 Å². The predicted molar refractivity (Wildman–Crippen MR) is 83.2 cm³/mol. The molecular weight excluding hydrogens is 322 g/mol. The maximum atomic E-state index is 12.1. The highest BCUT2D eigenvalue weighted by molar-refractivity contribution is 9.10. The molecule has 6 heteroatoms. The van der Waals surface area contributed by atoms with E-state index >= 15 is 0 Å². The molecule has 1 aliphatic rings. The number of hydrogen-bond donors (Lipinski definition) is 1. The van der Waals surface area contributed by atoms with Gasteiger partial charge in [-0.15, -0.1) is 0 Å². The van der Waals surface area contributed by atoms with Crippen LogP contribution < -0.4 is 10.9 Å². The summed E-state index contributed by atoms with van der Waals surface area (Å²) in [7, 11) is 0. The zero-order chi connectivity index (χ0) is 14.4. The first-order chi connectivity index (χ1) is 9.72. The molecule has 0 bridgehead atoms. The van der Waals surface area contributed by atoms with Gasteiger partial charge >= 0.3 is 0 Å². The molecule has 2 rings (SSSR count). The molecule has 1 aliphatic heterocycles. The van der Waals surface area contributed by atoms with Crippen LogP contribution in [0.1, 0.15) is 39.0 Å². The van der Waals surface area contributed by atoms with Gasteiger partial charge in [0, 0.05) is 19.7 Å². The van der Waals surface area contributed by atoms with Crippen LogP contribution in [0.3, 0.4) is 0 Å². The fourth-order valence-electron chi connectivity index (χ4n) is 2.30. The van der Waals surface area contributed by atoms with Crippen LogP contribution in [0, 0.1) is 0 Å². The van der Waals surface area contributed by atoms with E-state index in [-0.39, 0.29) is 5.56 Å². The summed E-state index contributed by atoms with van der Waals surface area (Å²) in [6.45, 7) is 4.44. The fraction of sp³-hybridized carbons (Fsp3) is 0.714. The SMILES string of the molecule is CCCCn1ncc(NCCC2CCCO2)c(Br)c1=O. The average molecular weight is 344 g/mol. The van der Waals surface area contributed by atoms with Gasteiger partial charge in [0.15, 0.2) is 0 Å². The molecule has 1 aromatic rings. The van der Waals surface area contributed by atoms with Crippen LogP contribution in [0.4, 0.5) is 5.69 Å². The fourth-order valence-corrected chi connectivity index (χ4v) is 2.74. The van der Waals surface area contributed by atoms with E-state index in [1.807, 2.05) is 0 Å². The third kappa shape index (κ3) is 4.06. The first-order valence-corrected chi connectivity index (χ1v) is 8.12. The molecule has 0 spiro atoms. The second-order valence-electron chi connectivity index (χ2n) is 5.10. The molecule has 0 radical (unpaired) electrons. The Labute approximate surface area is 127 Å². The number of halogens is 1. The molecular formula is C14H22BrN3O2. The largest absolute Gasteiger partial charge is 0.383 e. The smallest absolute Gasteiger partial charge is 0.283 e. The highest BCUT2D eigenvalue weighted by atomic mass is 79.9. The summed E-state index contributed by atoms with van der Waals surface area (Å²) < 4.78 is 7.65. The van der Waals surface area contributed by atoms with Crippen molar-refractivity contribution < 1.29 is 4.74 Å². The van der Waals surface area contributed by atoms with Crippen molar-refractivity contribution in [1.29, 1.82) is 0 Å². The van der Waals surface area contributed by atoms with E-state index in [4.69, 9.17) is 4.74 Å². The van der Waals surface area contributed by atoms with Crippen molar-refractivity contribution in [2.24, 2.45) is 0 Å². The van der Waals surface area contributed by atoms with Crippen LogP contribution in [0.5, 0.6) is 0 Å². The molecule has 1 saturated heterocycles. The summed E-state index contributed by atoms with van der Waals surface area (Å²) in [5.74, 6) is 0. The first-order valence-electron chi connectivity index (χ1n) is 7.33. The Morgan fingerprint density at radius 2 is 2.45 bits per heavy atom. The molecule has 1 N–H and O–H groups in total. The molecule has 112 valence electrons. The van der Waals surface area contributed by atoms with Crippen LogP contribution in [0.15, 0.2) is 15.5 Å². The minimum atomic E-state index is -0.0689. The molecule has 20 heavy (non-hydrogen) atoms. The lowest BCUT2D eigenvalue weighted by molar-refractivity contribution is 0.107. The van der Waals surface area contributed by atoms with Crippen molar-refractivity contribution in [3.63, 3.8) is 0 Å². The predicted octanol–water partition coefficient (Wildman–Crippen LogP) is 2.79. The molecule has 1 aromatic heterocycles. The molecule has 1 unspecified atom stereocenters. The second-order valence-corrected chi connectivity index (χ2v) is 5.90. The van der Waals surface area contributed by atoms with Crippen molar-refractivity contribution in [2.75, 3.05) is 18.5 Å². The minimum Gasteiger partial charge on any atom is -0.383 e. The van der Waals surface area contributed by atoms with Gasteiger partial charge in [0.2, 0.25) is 0 Å². The highest BCUT2D eigenvalue weighted by Crippen LogP contribution is 2.18. The monoisotopic (exact) mass is 343 g/mol. The number of aromatic nitrogens is 2. The number of unbranched alkanes of at least 4 members (excludes halogenated alkanes) is 1. The Bertz CT molecular complexity index is 484. The third-order valence-electron chi connectivity index (χ3n) is 3.51. The number of aryl methyl sites for hydroxylation is 1. The van der Waals surface area contributed by atoms with E-state index in [2.05, 4.69) is 33.3 Å².